The van der Waals surface area contributed by atoms with Gasteiger partial charge in [-0.25, -0.2) is 8.42 Å². The zero-order valence-corrected chi connectivity index (χ0v) is 20.4. The Labute approximate surface area is 196 Å². The summed E-state index contributed by atoms with van der Waals surface area (Å²) >= 11 is 0. The van der Waals surface area contributed by atoms with E-state index in [0.29, 0.717) is 11.4 Å². The van der Waals surface area contributed by atoms with Crippen LogP contribution in [0.1, 0.15) is 40.8 Å². The highest BCUT2D eigenvalue weighted by molar-refractivity contribution is 7.92. The molecule has 0 bridgehead atoms. The van der Waals surface area contributed by atoms with Crippen molar-refractivity contribution in [2.45, 2.75) is 45.6 Å². The summed E-state index contributed by atoms with van der Waals surface area (Å²) in [5.74, 6) is 0.160. The molecule has 2 N–H and O–H groups in total. The van der Waals surface area contributed by atoms with E-state index in [1.165, 1.54) is 35.4 Å². The van der Waals surface area contributed by atoms with Crippen LogP contribution in [-0.4, -0.2) is 20.9 Å². The number of rotatable bonds is 8. The summed E-state index contributed by atoms with van der Waals surface area (Å²) in [4.78, 5) is 12.5. The van der Waals surface area contributed by atoms with Gasteiger partial charge in [-0.3, -0.25) is 9.52 Å². The summed E-state index contributed by atoms with van der Waals surface area (Å²) in [5.41, 5.74) is 5.96. The molecule has 3 aromatic rings. The van der Waals surface area contributed by atoms with Gasteiger partial charge in [0.15, 0.2) is 6.61 Å². The smallest absolute Gasteiger partial charge is 0.261 e. The Bertz CT molecular complexity index is 1250. The molecule has 0 unspecified atom stereocenters. The molecule has 0 spiro atoms. The van der Waals surface area contributed by atoms with E-state index in [-0.39, 0.29) is 23.5 Å². The van der Waals surface area contributed by atoms with Gasteiger partial charge in [-0.1, -0.05) is 30.3 Å². The van der Waals surface area contributed by atoms with Gasteiger partial charge in [0.25, 0.3) is 15.9 Å². The van der Waals surface area contributed by atoms with Gasteiger partial charge in [0.05, 0.1) is 16.6 Å². The second kappa shape index (κ2) is 10.1. The Kier molecular flexibility index (Phi) is 7.43. The van der Waals surface area contributed by atoms with Crippen molar-refractivity contribution >= 4 is 21.6 Å². The fourth-order valence-corrected chi connectivity index (χ4v) is 4.70. The number of amides is 1. The molecule has 0 radical (unpaired) electrons. The average molecular weight is 467 g/mol. The predicted molar refractivity (Wildman–Crippen MR) is 131 cm³/mol. The number of anilines is 1. The number of sulfonamides is 1. The lowest BCUT2D eigenvalue weighted by molar-refractivity contribution is -0.123. The minimum absolute atomic E-state index is 0.112. The van der Waals surface area contributed by atoms with Crippen LogP contribution >= 0.6 is 0 Å². The predicted octanol–water partition coefficient (Wildman–Crippen LogP) is 4.98. The van der Waals surface area contributed by atoms with E-state index < -0.39 is 10.0 Å². The van der Waals surface area contributed by atoms with E-state index in [0.717, 1.165) is 16.7 Å². The van der Waals surface area contributed by atoms with Crippen molar-refractivity contribution in [1.29, 1.82) is 0 Å². The minimum atomic E-state index is -3.73. The minimum Gasteiger partial charge on any atom is -0.484 e. The van der Waals surface area contributed by atoms with Crippen LogP contribution in [0.3, 0.4) is 0 Å². The molecular weight excluding hydrogens is 436 g/mol. The molecule has 0 fully saturated rings. The summed E-state index contributed by atoms with van der Waals surface area (Å²) in [6, 6.07) is 17.2. The lowest BCUT2D eigenvalue weighted by atomic mass is 9.96. The van der Waals surface area contributed by atoms with E-state index in [9.17, 15) is 13.2 Å². The highest BCUT2D eigenvalue weighted by atomic mass is 32.2. The number of hydrogen-bond acceptors (Lipinski definition) is 4. The molecular formula is C26H30N2O4S. The van der Waals surface area contributed by atoms with Gasteiger partial charge in [0, 0.05) is 0 Å². The Morgan fingerprint density at radius 2 is 1.52 bits per heavy atom. The van der Waals surface area contributed by atoms with Gasteiger partial charge < -0.3 is 10.1 Å². The Hall–Kier alpha value is -3.32. The van der Waals surface area contributed by atoms with Crippen molar-refractivity contribution in [3.8, 4) is 5.75 Å². The zero-order chi connectivity index (χ0) is 24.2. The van der Waals surface area contributed by atoms with Gasteiger partial charge >= 0.3 is 0 Å². The first-order valence-corrected chi connectivity index (χ1v) is 12.2. The van der Waals surface area contributed by atoms with Crippen LogP contribution < -0.4 is 14.8 Å². The number of aryl methyl sites for hydroxylation is 4. The van der Waals surface area contributed by atoms with E-state index in [2.05, 4.69) is 36.0 Å². The first-order valence-electron chi connectivity index (χ1n) is 10.8. The number of hydrogen-bond donors (Lipinski definition) is 2. The van der Waals surface area contributed by atoms with Gasteiger partial charge in [-0.2, -0.15) is 0 Å². The molecule has 7 heteroatoms. The fourth-order valence-electron chi connectivity index (χ4n) is 3.57. The molecule has 3 rings (SSSR count). The normalized spacial score (nSPS) is 12.2. The molecule has 0 saturated carbocycles. The Morgan fingerprint density at radius 3 is 2.18 bits per heavy atom. The molecule has 0 heterocycles. The number of carbonyl (C=O) groups is 1. The van der Waals surface area contributed by atoms with E-state index in [1.54, 1.807) is 12.1 Å². The maximum Gasteiger partial charge on any atom is 0.261 e. The van der Waals surface area contributed by atoms with Crippen molar-refractivity contribution in [3.05, 3.63) is 88.5 Å². The zero-order valence-electron chi connectivity index (χ0n) is 19.6. The third-order valence-corrected chi connectivity index (χ3v) is 7.00. The summed E-state index contributed by atoms with van der Waals surface area (Å²) in [6.45, 7) is 9.76. The molecule has 174 valence electrons. The second-order valence-corrected chi connectivity index (χ2v) is 9.95. The maximum atomic E-state index is 12.6. The third kappa shape index (κ3) is 6.14. The Balaban J connectivity index is 1.58. The number of ether oxygens (including phenoxy) is 1. The van der Waals surface area contributed by atoms with Crippen LogP contribution in [0.5, 0.6) is 5.75 Å². The van der Waals surface area contributed by atoms with Crippen LogP contribution in [0.15, 0.2) is 65.6 Å². The number of nitrogens with one attached hydrogen (secondary N) is 2. The van der Waals surface area contributed by atoms with E-state index >= 15 is 0 Å². The Morgan fingerprint density at radius 1 is 0.879 bits per heavy atom. The molecule has 1 atom stereocenters. The first-order chi connectivity index (χ1) is 15.6. The molecule has 0 aliphatic rings. The first kappa shape index (κ1) is 24.3. The van der Waals surface area contributed by atoms with Crippen LogP contribution in [0.25, 0.3) is 0 Å². The largest absolute Gasteiger partial charge is 0.484 e. The summed E-state index contributed by atoms with van der Waals surface area (Å²) in [5, 5.41) is 2.95. The number of para-hydroxylation sites is 1. The van der Waals surface area contributed by atoms with Gasteiger partial charge in [0.1, 0.15) is 5.75 Å². The van der Waals surface area contributed by atoms with Gasteiger partial charge in [-0.15, -0.1) is 0 Å². The molecule has 0 aliphatic carbocycles. The quantitative estimate of drug-likeness (QED) is 0.491. The number of carbonyl (C=O) groups excluding carboxylic acids is 1. The molecule has 0 aliphatic heterocycles. The van der Waals surface area contributed by atoms with Crippen molar-refractivity contribution in [2.75, 3.05) is 11.3 Å². The molecule has 1 amide bonds. The molecule has 0 aromatic heterocycles. The van der Waals surface area contributed by atoms with Crippen LogP contribution in [0.4, 0.5) is 5.69 Å². The average Bonchev–Trinajstić information content (AvgIpc) is 2.76. The lowest BCUT2D eigenvalue weighted by Gasteiger charge is -2.18. The highest BCUT2D eigenvalue weighted by Gasteiger charge is 2.16. The molecule has 33 heavy (non-hydrogen) atoms. The van der Waals surface area contributed by atoms with Crippen LogP contribution in [0, 0.1) is 27.7 Å². The molecule has 0 saturated heterocycles. The molecule has 6 nitrogen and oxygen atoms in total. The lowest BCUT2D eigenvalue weighted by Crippen LogP contribution is -2.31. The topological polar surface area (TPSA) is 84.5 Å². The second-order valence-electron chi connectivity index (χ2n) is 8.26. The third-order valence-electron chi connectivity index (χ3n) is 5.62. The van der Waals surface area contributed by atoms with Crippen LogP contribution in [0.2, 0.25) is 0 Å². The SMILES string of the molecule is Cc1cc(C)c([C@@H](C)NC(=O)COc2ccc(S(=O)(=O)Nc3ccccc3C)cc2)cc1C. The van der Waals surface area contributed by atoms with Crippen molar-refractivity contribution < 1.29 is 17.9 Å². The summed E-state index contributed by atoms with van der Waals surface area (Å²) < 4.78 is 33.4. The van der Waals surface area contributed by atoms with Crippen molar-refractivity contribution in [2.24, 2.45) is 0 Å². The van der Waals surface area contributed by atoms with Gasteiger partial charge in [0.2, 0.25) is 0 Å². The van der Waals surface area contributed by atoms with E-state index in [4.69, 9.17) is 4.74 Å². The fraction of sp³-hybridized carbons (Fsp3) is 0.269. The van der Waals surface area contributed by atoms with Gasteiger partial charge in [-0.05, 0) is 92.8 Å². The monoisotopic (exact) mass is 466 g/mol. The summed E-state index contributed by atoms with van der Waals surface area (Å²) in [6.07, 6.45) is 0. The standard InChI is InChI=1S/C26H30N2O4S/c1-17-8-6-7-9-25(17)28-33(30,31)23-12-10-22(11-13-23)32-16-26(29)27-21(5)24-15-19(3)18(2)14-20(24)4/h6-15,21,28H,16H2,1-5H3,(H,27,29)/t21-/m1/s1. The highest BCUT2D eigenvalue weighted by Crippen LogP contribution is 2.23. The summed E-state index contributed by atoms with van der Waals surface area (Å²) in [7, 11) is -3.73. The molecule has 3 aromatic carbocycles. The number of benzene rings is 3. The van der Waals surface area contributed by atoms with Crippen molar-refractivity contribution in [1.82, 2.24) is 5.32 Å². The van der Waals surface area contributed by atoms with E-state index in [1.807, 2.05) is 32.9 Å². The maximum absolute atomic E-state index is 12.6. The van der Waals surface area contributed by atoms with Crippen molar-refractivity contribution in [3.63, 3.8) is 0 Å². The van der Waals surface area contributed by atoms with Crippen LogP contribution in [-0.2, 0) is 14.8 Å².